The Morgan fingerprint density at radius 2 is 1.81 bits per heavy atom. The number of hydrogen-bond donors (Lipinski definition) is 2. The van der Waals surface area contributed by atoms with Crippen LogP contribution in [0.5, 0.6) is 11.5 Å². The first-order valence-electron chi connectivity index (χ1n) is 14.1. The highest BCUT2D eigenvalue weighted by Gasteiger charge is 2.23. The lowest BCUT2D eigenvalue weighted by Crippen LogP contribution is -2.37. The van der Waals surface area contributed by atoms with Gasteiger partial charge in [-0.05, 0) is 93.1 Å². The lowest BCUT2D eigenvalue weighted by molar-refractivity contribution is 0.340. The molecule has 0 bridgehead atoms. The Labute approximate surface area is 247 Å². The van der Waals surface area contributed by atoms with Crippen molar-refractivity contribution in [1.29, 1.82) is 5.41 Å². The molecule has 42 heavy (non-hydrogen) atoms. The lowest BCUT2D eigenvalue weighted by Gasteiger charge is -2.30. The molecule has 2 aromatic carbocycles. The molecule has 1 aromatic heterocycles. The van der Waals surface area contributed by atoms with Crippen LogP contribution in [0.25, 0.3) is 0 Å². The third-order valence-electron chi connectivity index (χ3n) is 7.23. The van der Waals surface area contributed by atoms with E-state index in [1.165, 1.54) is 23.8 Å². The van der Waals surface area contributed by atoms with Gasteiger partial charge in [0.25, 0.3) is 0 Å². The van der Waals surface area contributed by atoms with E-state index in [0.29, 0.717) is 39.7 Å². The molecular weight excluding hydrogens is 551 g/mol. The summed E-state index contributed by atoms with van der Waals surface area (Å²) in [6, 6.07) is 12.5. The van der Waals surface area contributed by atoms with Gasteiger partial charge in [0.2, 0.25) is 0 Å². The first-order chi connectivity index (χ1) is 20.4. The predicted molar refractivity (Wildman–Crippen MR) is 169 cm³/mol. The zero-order chi connectivity index (χ0) is 29.6. The molecule has 216 valence electrons. The maximum Gasteiger partial charge on any atom is 0.167 e. The van der Waals surface area contributed by atoms with Crippen LogP contribution in [0.15, 0.2) is 95.4 Å². The van der Waals surface area contributed by atoms with Crippen molar-refractivity contribution in [2.75, 3.05) is 18.4 Å². The number of nitrogens with one attached hydrogen (secondary N) is 2. The van der Waals surface area contributed by atoms with Crippen LogP contribution in [0, 0.1) is 17.0 Å². The third-order valence-corrected chi connectivity index (χ3v) is 7.67. The summed E-state index contributed by atoms with van der Waals surface area (Å²) < 4.78 is 34.9. The number of aromatic nitrogens is 1. The second-order valence-electron chi connectivity index (χ2n) is 10.2. The summed E-state index contributed by atoms with van der Waals surface area (Å²) in [5.41, 5.74) is 5.71. The molecule has 1 aliphatic carbocycles. The van der Waals surface area contributed by atoms with E-state index >= 15 is 4.39 Å². The molecule has 1 atom stereocenters. The quantitative estimate of drug-likeness (QED) is 0.155. The number of anilines is 1. The molecule has 1 saturated heterocycles. The molecule has 2 N–H and O–H groups in total. The summed E-state index contributed by atoms with van der Waals surface area (Å²) in [6.45, 7) is 7.38. The molecule has 1 unspecified atom stereocenters. The largest absolute Gasteiger partial charge is 0.453 e. The topological polar surface area (TPSA) is 73.6 Å². The van der Waals surface area contributed by atoms with Gasteiger partial charge < -0.3 is 15.0 Å². The fourth-order valence-corrected chi connectivity index (χ4v) is 5.24. The molecular formula is C33H34F2N5OP. The molecule has 3 aromatic rings. The summed E-state index contributed by atoms with van der Waals surface area (Å²) in [7, 11) is 2.56. The number of pyridine rings is 1. The number of rotatable bonds is 9. The first kappa shape index (κ1) is 29.3. The van der Waals surface area contributed by atoms with Gasteiger partial charge in [-0.2, -0.15) is 0 Å². The van der Waals surface area contributed by atoms with Gasteiger partial charge in [0, 0.05) is 36.6 Å². The van der Waals surface area contributed by atoms with Crippen molar-refractivity contribution in [2.24, 2.45) is 4.99 Å². The van der Waals surface area contributed by atoms with Crippen LogP contribution in [0.4, 0.5) is 14.5 Å². The van der Waals surface area contributed by atoms with Gasteiger partial charge in [-0.1, -0.05) is 21.9 Å². The first-order valence-corrected chi connectivity index (χ1v) is 14.6. The number of allylic oxidation sites excluding steroid dienone is 3. The fourth-order valence-electron chi connectivity index (χ4n) is 4.87. The second kappa shape index (κ2) is 13.2. The van der Waals surface area contributed by atoms with Gasteiger partial charge in [0.1, 0.15) is 17.4 Å². The van der Waals surface area contributed by atoms with Crippen LogP contribution in [-0.2, 0) is 0 Å². The van der Waals surface area contributed by atoms with Gasteiger partial charge in [0.15, 0.2) is 11.6 Å². The molecule has 2 fully saturated rings. The summed E-state index contributed by atoms with van der Waals surface area (Å²) in [6.07, 6.45) is 10.2. The number of hydrogen-bond acceptors (Lipinski definition) is 5. The van der Waals surface area contributed by atoms with Crippen LogP contribution in [-0.4, -0.2) is 34.5 Å². The molecule has 1 aliphatic heterocycles. The van der Waals surface area contributed by atoms with Crippen LogP contribution in [0.2, 0.25) is 0 Å². The van der Waals surface area contributed by atoms with Gasteiger partial charge in [-0.25, -0.2) is 13.8 Å². The van der Waals surface area contributed by atoms with Gasteiger partial charge in [-0.15, -0.1) is 0 Å². The summed E-state index contributed by atoms with van der Waals surface area (Å²) in [5.74, 6) is -0.0875. The number of amidine groups is 1. The number of aliphatic imine (C=N–C) groups is 1. The number of piperidine rings is 1. The lowest BCUT2D eigenvalue weighted by atomic mass is 10.1. The molecule has 2 aliphatic rings. The Morgan fingerprint density at radius 1 is 1.07 bits per heavy atom. The van der Waals surface area contributed by atoms with Gasteiger partial charge in [-0.3, -0.25) is 10.4 Å². The number of likely N-dealkylation sites (tertiary alicyclic amines) is 1. The number of benzene rings is 2. The Balaban J connectivity index is 1.37. The Kier molecular flexibility index (Phi) is 9.23. The highest BCUT2D eigenvalue weighted by molar-refractivity contribution is 7.27. The van der Waals surface area contributed by atoms with E-state index in [4.69, 9.17) is 15.1 Å². The molecule has 0 spiro atoms. The predicted octanol–water partition coefficient (Wildman–Crippen LogP) is 7.50. The second-order valence-corrected chi connectivity index (χ2v) is 10.7. The minimum absolute atomic E-state index is 0.0546. The summed E-state index contributed by atoms with van der Waals surface area (Å²) in [4.78, 5) is 11.2. The van der Waals surface area contributed by atoms with Gasteiger partial charge in [0.05, 0.1) is 28.1 Å². The standard InChI is InChI=1S/C33H34F2N5OP/c1-3-26(21-10-12-23(34)13-11-21)39-27(4-2)31(22-8-9-22)38-24-14-15-28(25(35)20-24)41-29-16-17-37-33(42)30(29)32(36)40-18-6-5-7-19-40/h3-4,10-17,20,36,38H,1,5-9,18-19,42H2,2H3/b27-4-,36-32?,39-26+. The van der Waals surface area contributed by atoms with E-state index in [9.17, 15) is 4.39 Å². The monoisotopic (exact) mass is 585 g/mol. The third kappa shape index (κ3) is 6.82. The zero-order valence-electron chi connectivity index (χ0n) is 23.6. The average molecular weight is 586 g/mol. The molecule has 9 heteroatoms. The van der Waals surface area contributed by atoms with E-state index in [1.807, 2.05) is 17.9 Å². The number of halogens is 2. The van der Waals surface area contributed by atoms with E-state index < -0.39 is 5.82 Å². The van der Waals surface area contributed by atoms with E-state index in [0.717, 1.165) is 56.5 Å². The van der Waals surface area contributed by atoms with Crippen molar-refractivity contribution < 1.29 is 13.5 Å². The van der Waals surface area contributed by atoms with Crippen molar-refractivity contribution in [1.82, 2.24) is 9.88 Å². The van der Waals surface area contributed by atoms with Crippen LogP contribution < -0.4 is 15.5 Å². The highest BCUT2D eigenvalue weighted by atomic mass is 31.0. The SMILES string of the molecule is C=C/C(=N\C(=C/C)C(Nc1ccc(Oc2ccnc(P)c2C(=N)N2CCCCC2)c(F)c1)=C1CC1)c1ccc(F)cc1. The van der Waals surface area contributed by atoms with E-state index in [2.05, 4.69) is 26.1 Å². The fraction of sp³-hybridized carbons (Fsp3) is 0.242. The molecule has 2 heterocycles. The molecule has 5 rings (SSSR count). The van der Waals surface area contributed by atoms with Crippen molar-refractivity contribution in [3.63, 3.8) is 0 Å². The molecule has 6 nitrogen and oxygen atoms in total. The molecule has 1 saturated carbocycles. The smallest absolute Gasteiger partial charge is 0.167 e. The minimum atomic E-state index is -0.540. The number of ether oxygens (including phenoxy) is 1. The van der Waals surface area contributed by atoms with E-state index in [1.54, 1.807) is 42.6 Å². The summed E-state index contributed by atoms with van der Waals surface area (Å²) >= 11 is 0. The van der Waals surface area contributed by atoms with Crippen molar-refractivity contribution in [3.05, 3.63) is 113 Å². The average Bonchev–Trinajstić information content (AvgIpc) is 3.85. The van der Waals surface area contributed by atoms with Crippen LogP contribution in [0.1, 0.15) is 50.2 Å². The Bertz CT molecular complexity index is 1580. The maximum atomic E-state index is 15.4. The van der Waals surface area contributed by atoms with Crippen molar-refractivity contribution >= 4 is 31.9 Å². The van der Waals surface area contributed by atoms with E-state index in [-0.39, 0.29) is 11.6 Å². The van der Waals surface area contributed by atoms with Crippen LogP contribution in [0.3, 0.4) is 0 Å². The normalized spacial score (nSPS) is 15.3. The molecule has 0 radical (unpaired) electrons. The number of nitrogens with zero attached hydrogens (tertiary/aromatic N) is 3. The summed E-state index contributed by atoms with van der Waals surface area (Å²) in [5, 5.41) is 12.2. The minimum Gasteiger partial charge on any atom is -0.453 e. The zero-order valence-corrected chi connectivity index (χ0v) is 24.7. The maximum absolute atomic E-state index is 15.4. The van der Waals surface area contributed by atoms with Gasteiger partial charge >= 0.3 is 0 Å². The highest BCUT2D eigenvalue weighted by Crippen LogP contribution is 2.37. The van der Waals surface area contributed by atoms with Crippen molar-refractivity contribution in [2.45, 2.75) is 39.0 Å². The Morgan fingerprint density at radius 3 is 2.45 bits per heavy atom. The Hall–Kier alpha value is -4.16. The molecule has 0 amide bonds. The van der Waals surface area contributed by atoms with Crippen molar-refractivity contribution in [3.8, 4) is 11.5 Å². The van der Waals surface area contributed by atoms with Crippen LogP contribution >= 0.6 is 9.24 Å².